The van der Waals surface area contributed by atoms with E-state index in [4.69, 9.17) is 48.7 Å². The van der Waals surface area contributed by atoms with Crippen LogP contribution in [-0.2, 0) is 49.9 Å². The monoisotopic (exact) mass is 1750 g/mol. The first-order valence-corrected chi connectivity index (χ1v) is 44.9. The number of nitrogens with zero attached hydrogens (tertiary/aromatic N) is 8. The molecule has 12 nitrogen and oxygen atoms in total. The molecule has 3 atom stereocenters. The average Bonchev–Trinajstić information content (AvgIpc) is 1.51. The van der Waals surface area contributed by atoms with Gasteiger partial charge < -0.3 is 17.7 Å². The van der Waals surface area contributed by atoms with Crippen LogP contribution >= 0.6 is 0 Å². The highest BCUT2D eigenvalue weighted by molar-refractivity contribution is 6.16. The van der Waals surface area contributed by atoms with Gasteiger partial charge in [-0.2, -0.15) is 0 Å². The molecule has 12 heterocycles. The van der Waals surface area contributed by atoms with Gasteiger partial charge in [-0.3, -0.25) is 15.0 Å². The van der Waals surface area contributed by atoms with Crippen LogP contribution in [0, 0.1) is 27.7 Å². The fourth-order valence-corrected chi connectivity index (χ4v) is 20.7. The Labute approximate surface area is 800 Å². The van der Waals surface area contributed by atoms with Crippen LogP contribution in [0.4, 0.5) is 0 Å². The molecule has 12 aromatic heterocycles. The molecule has 0 spiro atoms. The van der Waals surface area contributed by atoms with Gasteiger partial charge in [0.25, 0.3) is 0 Å². The number of aromatic nitrogens is 8. The van der Waals surface area contributed by atoms with Gasteiger partial charge in [0.1, 0.15) is 61.7 Å². The zero-order valence-electron chi connectivity index (χ0n) is 96.8. The van der Waals surface area contributed by atoms with E-state index in [0.717, 1.165) is 183 Å². The minimum Gasteiger partial charge on any atom is -0.455 e. The van der Waals surface area contributed by atoms with Gasteiger partial charge in [0.2, 0.25) is 28.5 Å². The molecule has 0 amide bonds. The van der Waals surface area contributed by atoms with Crippen LogP contribution < -0.4 is 18.3 Å². The van der Waals surface area contributed by atoms with Crippen LogP contribution in [-0.4, -0.2) is 19.9 Å². The molecule has 0 aliphatic heterocycles. The van der Waals surface area contributed by atoms with Crippen LogP contribution in [0.2, 0.25) is 0 Å². The molecule has 4 aliphatic rings. The second-order valence-corrected chi connectivity index (χ2v) is 37.9. The Morgan fingerprint density at radius 1 is 0.303 bits per heavy atom. The summed E-state index contributed by atoms with van der Waals surface area (Å²) in [6.45, 7) is 15.8. The molecule has 3 unspecified atom stereocenters. The van der Waals surface area contributed by atoms with E-state index in [1.807, 2.05) is 262 Å². The standard InChI is InChI=1S/4C30H29N2O/c1-17(2)19-13-15-32(6)24(16-19)25-18(3)9-10-21-22-12-11-20-23-8-7-14-31-29(23)30(4,5)26(20)28(22)33-27(21)25;1-17(2)19-11-13-32(6)25(14-19)27-18(3)9-10-20-23-15-24-22(16-26(23)33-28(20)27)21-8-7-12-31-29(21)30(24,4)5;1-17(2)19-11-13-32(6)25(14-19)27-18(3)9-10-20-23-15-22-21-8-7-12-31-29(21)30(4,5)24(22)16-26(23)33-28(20)27;1-17(2)19-13-14-32(6)25(15-19)26-18(3)11-12-20-22-16-24-27(31-29(22)33-28(20)26)21-9-7-8-10-23(21)30(24,4)5/h4*7-17H,1-6H3/q4*+1/i2*4D3,17D;4D3,5D3,17D;4D3,17D. The van der Waals surface area contributed by atoms with Crippen molar-refractivity contribution in [3.8, 4) is 89.7 Å². The van der Waals surface area contributed by atoms with E-state index < -0.39 is 79.5 Å². The van der Waals surface area contributed by atoms with Gasteiger partial charge in [-0.15, -0.1) is 0 Å². The van der Waals surface area contributed by atoms with Crippen molar-refractivity contribution in [1.82, 2.24) is 19.9 Å². The highest BCUT2D eigenvalue weighted by atomic mass is 16.3. The Hall–Kier alpha value is -13.8. The number of benzene rings is 8. The van der Waals surface area contributed by atoms with Gasteiger partial charge in [-0.25, -0.2) is 23.3 Å². The van der Waals surface area contributed by atoms with Crippen molar-refractivity contribution in [2.75, 3.05) is 0 Å². The fourth-order valence-electron chi connectivity index (χ4n) is 20.7. The van der Waals surface area contributed by atoms with E-state index in [9.17, 15) is 0 Å². The van der Waals surface area contributed by atoms with Crippen molar-refractivity contribution in [3.05, 3.63) is 333 Å². The summed E-state index contributed by atoms with van der Waals surface area (Å²) in [5, 5.41) is 6.94. The summed E-state index contributed by atoms with van der Waals surface area (Å²) < 4.78 is 196. The van der Waals surface area contributed by atoms with Crippen molar-refractivity contribution in [3.63, 3.8) is 0 Å². The van der Waals surface area contributed by atoms with Gasteiger partial charge in [0, 0.05) is 186 Å². The summed E-state index contributed by atoms with van der Waals surface area (Å²) in [7, 11) is 7.92. The minimum atomic E-state index is -2.90. The minimum absolute atomic E-state index is 0.0420. The lowest BCUT2D eigenvalue weighted by Gasteiger charge is -2.20. The van der Waals surface area contributed by atoms with Crippen LogP contribution in [0.5, 0.6) is 0 Å². The van der Waals surface area contributed by atoms with Crippen LogP contribution in [0.1, 0.15) is 249 Å². The van der Waals surface area contributed by atoms with E-state index in [0.29, 0.717) is 73.0 Å². The molecule has 0 radical (unpaired) electrons. The number of aryl methyl sites for hydroxylation is 8. The predicted molar refractivity (Wildman–Crippen MR) is 538 cm³/mol. The van der Waals surface area contributed by atoms with Crippen LogP contribution in [0.15, 0.2) is 261 Å². The lowest BCUT2D eigenvalue weighted by Crippen LogP contribution is -2.31. The second-order valence-electron chi connectivity index (χ2n) is 37.9. The molecule has 0 saturated heterocycles. The van der Waals surface area contributed by atoms with Crippen LogP contribution in [0.3, 0.4) is 0 Å². The van der Waals surface area contributed by atoms with Crippen LogP contribution in [0.25, 0.3) is 178 Å². The molecule has 20 aromatic rings. The van der Waals surface area contributed by atoms with E-state index in [2.05, 4.69) is 88.8 Å². The quantitative estimate of drug-likeness (QED) is 0.138. The number of hydrogen-bond acceptors (Lipinski definition) is 8. The summed E-state index contributed by atoms with van der Waals surface area (Å²) in [4.78, 5) is 18.3. The van der Waals surface area contributed by atoms with E-state index in [1.165, 1.54) is 6.20 Å². The topological polar surface area (TPSA) is 120 Å². The van der Waals surface area contributed by atoms with Gasteiger partial charge >= 0.3 is 0 Å². The SMILES string of the molecule is [2H]C(C)(C)c1cc[n+](C)c(-c2c(C)ccc3c2oc2c4c(ccc23)-c2cccnc2C4(C)C([2H])([2H])[2H])c1.[2H]C(C)(C)c1cc[n+](C)c(-c2c(C)ccc3c2oc2cc4c(cc23)-c2cccnc2C4(C([2H])([2H])[2H])C([2H])([2H])[2H])c1.[2H]C(C)(C)c1cc[n+](C)c(-c2c(C)ccc3c2oc2cc4c(cc23)C(C)(C([2H])([2H])[2H])c2ncccc2-4)c1.[2H]C(C)(C)c1cc[n+](C)c(-c2c(C)ccc3c2oc2nc4c(cc23)C(C)(C([2H])([2H])[2H])c2ccccc2-4)c1. The number of pyridine rings is 8. The number of furan rings is 4. The van der Waals surface area contributed by atoms with Crippen molar-refractivity contribution in [1.29, 1.82) is 0 Å². The lowest BCUT2D eigenvalue weighted by atomic mass is 9.82. The Morgan fingerprint density at radius 2 is 0.667 bits per heavy atom. The number of fused-ring (bicyclic) bond motifs is 25. The highest BCUT2D eigenvalue weighted by Gasteiger charge is 2.44. The summed E-state index contributed by atoms with van der Waals surface area (Å²) in [5.74, 6) is -3.02. The molecule has 0 saturated carbocycles. The van der Waals surface area contributed by atoms with Gasteiger partial charge in [0.15, 0.2) is 30.4 Å². The molecular formula is C120H116N8O4+4. The molecule has 24 rings (SSSR count). The molecule has 656 valence electrons. The summed E-state index contributed by atoms with van der Waals surface area (Å²) in [5.41, 5.74) is 24.4. The maximum absolute atomic E-state index is 8.56. The third-order valence-corrected chi connectivity index (χ3v) is 28.1. The maximum Gasteiger partial charge on any atom is 0.227 e. The second kappa shape index (κ2) is 30.9. The highest BCUT2D eigenvalue weighted by Crippen LogP contribution is 2.57. The molecule has 12 heteroatoms. The van der Waals surface area contributed by atoms with E-state index in [-0.39, 0.29) is 11.3 Å². The summed E-state index contributed by atoms with van der Waals surface area (Å²) in [6, 6.07) is 64.4. The zero-order chi connectivity index (χ0) is 108. The Kier molecular flexibility index (Phi) is 15.4. The normalized spacial score (nSPS) is 19.4. The van der Waals surface area contributed by atoms with Gasteiger partial charge in [-0.1, -0.05) is 194 Å². The van der Waals surface area contributed by atoms with Gasteiger partial charge in [0.05, 0.1) is 45.0 Å². The van der Waals surface area contributed by atoms with Crippen molar-refractivity contribution < 1.29 is 62.0 Å². The lowest BCUT2D eigenvalue weighted by molar-refractivity contribution is -0.660. The Bertz CT molecular complexity index is 8870. The molecule has 4 aliphatic carbocycles. The fraction of sp³-hybridized carbons (Fsp3) is 0.267. The first-order chi connectivity index (χ1) is 70.5. The average molecular weight is 1750 g/mol. The predicted octanol–water partition coefficient (Wildman–Crippen LogP) is 28.8. The van der Waals surface area contributed by atoms with Gasteiger partial charge in [-0.05, 0) is 203 Å². The van der Waals surface area contributed by atoms with E-state index >= 15 is 0 Å². The largest absolute Gasteiger partial charge is 0.455 e. The number of rotatable bonds is 8. The summed E-state index contributed by atoms with van der Waals surface area (Å²) in [6.07, 6.45) is 12.6. The molecule has 8 aromatic carbocycles. The zero-order valence-corrected chi connectivity index (χ0v) is 77.8. The molecule has 0 fully saturated rings. The summed E-state index contributed by atoms with van der Waals surface area (Å²) >= 11 is 0. The van der Waals surface area contributed by atoms with Crippen molar-refractivity contribution in [2.24, 2.45) is 28.2 Å². The first-order valence-electron chi connectivity index (χ1n) is 54.4. The first kappa shape index (κ1) is 65.7. The van der Waals surface area contributed by atoms with Crippen molar-refractivity contribution >= 4 is 87.9 Å². The van der Waals surface area contributed by atoms with E-state index in [1.54, 1.807) is 51.4 Å². The smallest absolute Gasteiger partial charge is 0.227 e. The molecule has 0 bridgehead atoms. The number of hydrogen-bond donors (Lipinski definition) is 0. The Morgan fingerprint density at radius 3 is 1.14 bits per heavy atom. The third kappa shape index (κ3) is 13.1. The van der Waals surface area contributed by atoms with Crippen molar-refractivity contribution in [2.45, 2.75) is 183 Å². The molecule has 132 heavy (non-hydrogen) atoms. The molecule has 0 N–H and O–H groups in total. The molecular weight excluding hydrogens is 1620 g/mol. The Balaban J connectivity index is 0.000000117. The maximum atomic E-state index is 8.56. The third-order valence-electron chi connectivity index (χ3n) is 28.1.